The first-order valence-corrected chi connectivity index (χ1v) is 7.77. The van der Waals surface area contributed by atoms with Crippen molar-refractivity contribution in [1.82, 2.24) is 4.90 Å². The molecule has 1 atom stereocenters. The summed E-state index contributed by atoms with van der Waals surface area (Å²) in [6, 6.07) is 11.1. The minimum absolute atomic E-state index is 0.111. The van der Waals surface area contributed by atoms with Gasteiger partial charge in [0.25, 0.3) is 0 Å². The lowest BCUT2D eigenvalue weighted by atomic mass is 10.0. The largest absolute Gasteiger partial charge is 0.465 e. The summed E-state index contributed by atoms with van der Waals surface area (Å²) >= 11 is 5.88. The quantitative estimate of drug-likeness (QED) is 0.810. The topological polar surface area (TPSA) is 49.8 Å². The summed E-state index contributed by atoms with van der Waals surface area (Å²) in [6.45, 7) is 0.168. The van der Waals surface area contributed by atoms with Gasteiger partial charge in [-0.25, -0.2) is 9.18 Å². The first-order valence-electron chi connectivity index (χ1n) is 7.39. The molecular formula is C18H19ClFNO3. The standard InChI is InChI=1S/C18H19ClFNO3/c1-21(17(11-22)12-5-7-15(19)8-6-12)10-14-4-3-13(9-16(14)20)18(23)24-2/h3-9,17,22H,10-11H2,1-2H3. The molecule has 4 nitrogen and oxygen atoms in total. The maximum absolute atomic E-state index is 14.2. The van der Waals surface area contributed by atoms with Crippen LogP contribution in [0.5, 0.6) is 0 Å². The third-order valence-corrected chi connectivity index (χ3v) is 4.11. The van der Waals surface area contributed by atoms with Crippen LogP contribution in [0, 0.1) is 5.82 Å². The Kier molecular flexibility index (Phi) is 6.31. The maximum Gasteiger partial charge on any atom is 0.337 e. The smallest absolute Gasteiger partial charge is 0.337 e. The van der Waals surface area contributed by atoms with Crippen molar-refractivity contribution in [3.63, 3.8) is 0 Å². The number of ether oxygens (including phenoxy) is 1. The molecule has 0 aliphatic carbocycles. The molecule has 0 aliphatic heterocycles. The number of aliphatic hydroxyl groups is 1. The normalized spacial score (nSPS) is 12.2. The number of esters is 1. The van der Waals surface area contributed by atoms with Crippen molar-refractivity contribution in [1.29, 1.82) is 0 Å². The number of carbonyl (C=O) groups is 1. The van der Waals surface area contributed by atoms with Gasteiger partial charge in [0.1, 0.15) is 5.82 Å². The third-order valence-electron chi connectivity index (χ3n) is 3.85. The summed E-state index contributed by atoms with van der Waals surface area (Å²) in [6.07, 6.45) is 0. The number of rotatable bonds is 6. The molecule has 2 aromatic carbocycles. The highest BCUT2D eigenvalue weighted by Crippen LogP contribution is 2.23. The molecule has 0 saturated carbocycles. The van der Waals surface area contributed by atoms with Crippen LogP contribution >= 0.6 is 11.6 Å². The van der Waals surface area contributed by atoms with Gasteiger partial charge < -0.3 is 9.84 Å². The van der Waals surface area contributed by atoms with Crippen molar-refractivity contribution >= 4 is 17.6 Å². The van der Waals surface area contributed by atoms with Crippen LogP contribution in [-0.4, -0.2) is 36.7 Å². The monoisotopic (exact) mass is 351 g/mol. The van der Waals surface area contributed by atoms with Gasteiger partial charge in [-0.05, 0) is 36.9 Å². The van der Waals surface area contributed by atoms with Crippen LogP contribution in [0.3, 0.4) is 0 Å². The van der Waals surface area contributed by atoms with Crippen LogP contribution in [-0.2, 0) is 11.3 Å². The van der Waals surface area contributed by atoms with E-state index in [-0.39, 0.29) is 24.8 Å². The number of hydrogen-bond donors (Lipinski definition) is 1. The molecule has 0 amide bonds. The maximum atomic E-state index is 14.2. The molecule has 0 aliphatic rings. The Bertz CT molecular complexity index is 706. The van der Waals surface area contributed by atoms with E-state index in [4.69, 9.17) is 11.6 Å². The Morgan fingerprint density at radius 1 is 1.29 bits per heavy atom. The summed E-state index contributed by atoms with van der Waals surface area (Å²) in [5.41, 5.74) is 1.48. The Balaban J connectivity index is 2.16. The number of aliphatic hydroxyl groups excluding tert-OH is 1. The predicted molar refractivity (Wildman–Crippen MR) is 90.5 cm³/mol. The van der Waals surface area contributed by atoms with E-state index in [2.05, 4.69) is 4.74 Å². The summed E-state index contributed by atoms with van der Waals surface area (Å²) in [7, 11) is 3.04. The number of halogens is 2. The second-order valence-corrected chi connectivity index (χ2v) is 5.90. The van der Waals surface area contributed by atoms with Crippen LogP contribution in [0.4, 0.5) is 4.39 Å². The number of nitrogens with zero attached hydrogens (tertiary/aromatic N) is 1. The lowest BCUT2D eigenvalue weighted by Crippen LogP contribution is -2.27. The molecule has 2 aromatic rings. The van der Waals surface area contributed by atoms with Gasteiger partial charge in [-0.1, -0.05) is 29.8 Å². The molecule has 0 fully saturated rings. The minimum atomic E-state index is -0.580. The van der Waals surface area contributed by atoms with Gasteiger partial charge in [0.2, 0.25) is 0 Å². The molecule has 128 valence electrons. The zero-order chi connectivity index (χ0) is 17.7. The number of hydrogen-bond acceptors (Lipinski definition) is 4. The van der Waals surface area contributed by atoms with Gasteiger partial charge >= 0.3 is 5.97 Å². The van der Waals surface area contributed by atoms with Crippen molar-refractivity contribution < 1.29 is 19.0 Å². The van der Waals surface area contributed by atoms with Gasteiger partial charge in [0.05, 0.1) is 25.3 Å². The van der Waals surface area contributed by atoms with Crippen molar-refractivity contribution in [2.45, 2.75) is 12.6 Å². The van der Waals surface area contributed by atoms with Crippen molar-refractivity contribution in [3.05, 3.63) is 70.0 Å². The van der Waals surface area contributed by atoms with Crippen LogP contribution in [0.1, 0.15) is 27.5 Å². The van der Waals surface area contributed by atoms with E-state index in [9.17, 15) is 14.3 Å². The van der Waals surface area contributed by atoms with E-state index >= 15 is 0 Å². The fraction of sp³-hybridized carbons (Fsp3) is 0.278. The molecule has 2 rings (SSSR count). The van der Waals surface area contributed by atoms with Gasteiger partial charge in [0.15, 0.2) is 0 Å². The fourth-order valence-electron chi connectivity index (χ4n) is 2.48. The van der Waals surface area contributed by atoms with Crippen LogP contribution in [0.25, 0.3) is 0 Å². The summed E-state index contributed by atoms with van der Waals surface area (Å²) in [5.74, 6) is -1.07. The lowest BCUT2D eigenvalue weighted by molar-refractivity contribution is 0.0600. The number of carbonyl (C=O) groups excluding carboxylic acids is 1. The Hall–Kier alpha value is -1.95. The SMILES string of the molecule is COC(=O)c1ccc(CN(C)C(CO)c2ccc(Cl)cc2)c(F)c1. The fourth-order valence-corrected chi connectivity index (χ4v) is 2.61. The van der Waals surface area contributed by atoms with E-state index in [0.29, 0.717) is 10.6 Å². The predicted octanol–water partition coefficient (Wildman–Crippen LogP) is 3.43. The number of methoxy groups -OCH3 is 1. The molecule has 1 unspecified atom stereocenters. The number of benzene rings is 2. The molecule has 0 heterocycles. The highest BCUT2D eigenvalue weighted by Gasteiger charge is 2.18. The first-order chi connectivity index (χ1) is 11.5. The molecular weight excluding hydrogens is 333 g/mol. The van der Waals surface area contributed by atoms with Crippen molar-refractivity contribution in [2.75, 3.05) is 20.8 Å². The molecule has 6 heteroatoms. The first kappa shape index (κ1) is 18.4. The zero-order valence-electron chi connectivity index (χ0n) is 13.5. The molecule has 0 spiro atoms. The summed E-state index contributed by atoms with van der Waals surface area (Å²) in [4.78, 5) is 13.3. The Morgan fingerprint density at radius 2 is 1.96 bits per heavy atom. The van der Waals surface area contributed by atoms with Crippen LogP contribution < -0.4 is 0 Å². The highest BCUT2D eigenvalue weighted by molar-refractivity contribution is 6.30. The number of likely N-dealkylation sites (N-methyl/N-ethyl adjacent to an activating group) is 1. The van der Waals surface area contributed by atoms with Crippen LogP contribution in [0.2, 0.25) is 5.02 Å². The molecule has 0 saturated heterocycles. The van der Waals surface area contributed by atoms with Crippen LogP contribution in [0.15, 0.2) is 42.5 Å². The van der Waals surface area contributed by atoms with Gasteiger partial charge in [-0.2, -0.15) is 0 Å². The average Bonchev–Trinajstić information content (AvgIpc) is 2.58. The second kappa shape index (κ2) is 8.24. The van der Waals surface area contributed by atoms with E-state index in [1.165, 1.54) is 13.2 Å². The molecule has 0 bridgehead atoms. The zero-order valence-corrected chi connectivity index (χ0v) is 14.3. The average molecular weight is 352 g/mol. The molecule has 1 N–H and O–H groups in total. The van der Waals surface area contributed by atoms with Gasteiger partial charge in [-0.15, -0.1) is 0 Å². The van der Waals surface area contributed by atoms with Crippen molar-refractivity contribution in [2.24, 2.45) is 0 Å². The van der Waals surface area contributed by atoms with E-state index in [0.717, 1.165) is 11.6 Å². The van der Waals surface area contributed by atoms with E-state index < -0.39 is 11.8 Å². The van der Waals surface area contributed by atoms with Gasteiger partial charge in [0, 0.05) is 17.1 Å². The lowest BCUT2D eigenvalue weighted by Gasteiger charge is -2.27. The Morgan fingerprint density at radius 3 is 2.50 bits per heavy atom. The molecule has 0 radical (unpaired) electrons. The van der Waals surface area contributed by atoms with E-state index in [1.807, 2.05) is 17.0 Å². The van der Waals surface area contributed by atoms with Crippen molar-refractivity contribution in [3.8, 4) is 0 Å². The second-order valence-electron chi connectivity index (χ2n) is 5.46. The van der Waals surface area contributed by atoms with E-state index in [1.54, 1.807) is 25.2 Å². The molecule has 0 aromatic heterocycles. The summed E-state index contributed by atoms with van der Waals surface area (Å²) in [5, 5.41) is 10.3. The highest BCUT2D eigenvalue weighted by atomic mass is 35.5. The third kappa shape index (κ3) is 4.32. The summed E-state index contributed by atoms with van der Waals surface area (Å²) < 4.78 is 18.8. The molecule has 24 heavy (non-hydrogen) atoms. The van der Waals surface area contributed by atoms with Gasteiger partial charge in [-0.3, -0.25) is 4.90 Å². The Labute approximate surface area is 145 Å². The minimum Gasteiger partial charge on any atom is -0.465 e.